The summed E-state index contributed by atoms with van der Waals surface area (Å²) >= 11 is 5.91. The summed E-state index contributed by atoms with van der Waals surface area (Å²) in [6.45, 7) is 3.73. The molecule has 7 heteroatoms. The molecule has 3 atom stereocenters. The van der Waals surface area contributed by atoms with Crippen LogP contribution < -0.4 is 5.32 Å². The Morgan fingerprint density at radius 1 is 1.30 bits per heavy atom. The monoisotopic (exact) mass is 466 g/mol. The average molecular weight is 467 g/mol. The lowest BCUT2D eigenvalue weighted by Crippen LogP contribution is -2.50. The van der Waals surface area contributed by atoms with Crippen molar-refractivity contribution in [2.45, 2.75) is 43.6 Å². The van der Waals surface area contributed by atoms with Gasteiger partial charge in [-0.3, -0.25) is 0 Å². The van der Waals surface area contributed by atoms with Crippen LogP contribution in [0.25, 0.3) is 0 Å². The number of nitriles is 1. The van der Waals surface area contributed by atoms with Crippen molar-refractivity contribution >= 4 is 23.3 Å². The standard InChI is InChI=1S/C26H28ClFN4O/c27-23-15-21(5-6-24(23)28)30-25(33)32(12-11-31-9-2-10-31)22-7-8-26(16-20(26)14-22)19-4-1-3-18(13-19)17-29/h1,3-6,13,15,20,22H,2,7-12,14,16H2,(H,30,33)/t20?,22-,26-/m1/s1. The molecule has 2 aromatic rings. The normalized spacial score (nSPS) is 26.0. The third kappa shape index (κ3) is 4.45. The van der Waals surface area contributed by atoms with E-state index in [1.54, 1.807) is 6.07 Å². The molecule has 3 fully saturated rings. The van der Waals surface area contributed by atoms with E-state index in [0.717, 1.165) is 45.3 Å². The maximum Gasteiger partial charge on any atom is 0.322 e. The van der Waals surface area contributed by atoms with E-state index in [9.17, 15) is 14.4 Å². The minimum absolute atomic E-state index is 0.0000380. The van der Waals surface area contributed by atoms with Gasteiger partial charge in [-0.15, -0.1) is 0 Å². The summed E-state index contributed by atoms with van der Waals surface area (Å²) in [5.41, 5.74) is 2.64. The molecule has 2 aliphatic carbocycles. The Labute approximate surface area is 199 Å². The highest BCUT2D eigenvalue weighted by molar-refractivity contribution is 6.31. The Hall–Kier alpha value is -2.62. The zero-order valence-corrected chi connectivity index (χ0v) is 19.3. The minimum atomic E-state index is -0.498. The molecular formula is C26H28ClFN4O. The van der Waals surface area contributed by atoms with Gasteiger partial charge in [0.1, 0.15) is 5.82 Å². The summed E-state index contributed by atoms with van der Waals surface area (Å²) in [5.74, 6) is 0.0342. The molecule has 0 spiro atoms. The fraction of sp³-hybridized carbons (Fsp3) is 0.462. The number of carbonyl (C=O) groups is 1. The van der Waals surface area contributed by atoms with Crippen LogP contribution in [0.3, 0.4) is 0 Å². The van der Waals surface area contributed by atoms with E-state index in [-0.39, 0.29) is 22.5 Å². The van der Waals surface area contributed by atoms with Gasteiger partial charge in [0.25, 0.3) is 0 Å². The van der Waals surface area contributed by atoms with Crippen LogP contribution in [0.2, 0.25) is 5.02 Å². The first-order valence-electron chi connectivity index (χ1n) is 11.7. The summed E-state index contributed by atoms with van der Waals surface area (Å²) in [4.78, 5) is 17.6. The van der Waals surface area contributed by atoms with Gasteiger partial charge in [0.15, 0.2) is 0 Å². The minimum Gasteiger partial charge on any atom is -0.320 e. The van der Waals surface area contributed by atoms with Crippen LogP contribution in [0.4, 0.5) is 14.9 Å². The first kappa shape index (κ1) is 22.2. The molecule has 1 aliphatic heterocycles. The number of benzene rings is 2. The van der Waals surface area contributed by atoms with Gasteiger partial charge in [-0.05, 0) is 92.4 Å². The molecule has 2 amide bonds. The zero-order chi connectivity index (χ0) is 23.0. The fourth-order valence-electron chi connectivity index (χ4n) is 5.62. The maximum absolute atomic E-state index is 13.5. The van der Waals surface area contributed by atoms with Gasteiger partial charge >= 0.3 is 6.03 Å². The van der Waals surface area contributed by atoms with Gasteiger partial charge in [-0.25, -0.2) is 9.18 Å². The Morgan fingerprint density at radius 2 is 2.15 bits per heavy atom. The predicted molar refractivity (Wildman–Crippen MR) is 127 cm³/mol. The zero-order valence-electron chi connectivity index (χ0n) is 18.6. The number of fused-ring (bicyclic) bond motifs is 1. The topological polar surface area (TPSA) is 59.4 Å². The molecule has 2 aromatic carbocycles. The molecule has 1 unspecified atom stereocenters. The smallest absolute Gasteiger partial charge is 0.320 e. The number of nitrogens with zero attached hydrogens (tertiary/aromatic N) is 3. The Bertz CT molecular complexity index is 1100. The lowest BCUT2D eigenvalue weighted by Gasteiger charge is -2.39. The Balaban J connectivity index is 1.29. The second-order valence-corrected chi connectivity index (χ2v) is 10.0. The molecule has 5 rings (SSSR count). The molecule has 172 valence electrons. The van der Waals surface area contributed by atoms with Crippen LogP contribution >= 0.6 is 11.6 Å². The number of amides is 2. The molecule has 2 saturated carbocycles. The van der Waals surface area contributed by atoms with Crippen LogP contribution in [0.15, 0.2) is 42.5 Å². The Morgan fingerprint density at radius 3 is 2.85 bits per heavy atom. The van der Waals surface area contributed by atoms with Gasteiger partial charge in [0, 0.05) is 24.8 Å². The van der Waals surface area contributed by atoms with Crippen molar-refractivity contribution in [1.29, 1.82) is 5.26 Å². The quantitative estimate of drug-likeness (QED) is 0.620. The van der Waals surface area contributed by atoms with Crippen molar-refractivity contribution in [1.82, 2.24) is 9.80 Å². The molecule has 1 N–H and O–H groups in total. The number of urea groups is 1. The molecule has 3 aliphatic rings. The third-order valence-corrected chi connectivity index (χ3v) is 8.05. The molecule has 0 bridgehead atoms. The molecule has 0 radical (unpaired) electrons. The van der Waals surface area contributed by atoms with E-state index in [0.29, 0.717) is 23.7 Å². The summed E-state index contributed by atoms with van der Waals surface area (Å²) < 4.78 is 13.5. The summed E-state index contributed by atoms with van der Waals surface area (Å²) in [7, 11) is 0. The van der Waals surface area contributed by atoms with E-state index in [2.05, 4.69) is 22.4 Å². The lowest BCUT2D eigenvalue weighted by molar-refractivity contribution is 0.123. The van der Waals surface area contributed by atoms with Crippen LogP contribution in [-0.4, -0.2) is 48.1 Å². The number of rotatable bonds is 6. The number of carbonyl (C=O) groups excluding carboxylic acids is 1. The molecular weight excluding hydrogens is 439 g/mol. The number of halogens is 2. The first-order valence-corrected chi connectivity index (χ1v) is 12.1. The Kier molecular flexibility index (Phi) is 6.03. The number of nitrogens with one attached hydrogen (secondary N) is 1. The van der Waals surface area contributed by atoms with Crippen molar-refractivity contribution < 1.29 is 9.18 Å². The molecule has 1 heterocycles. The van der Waals surface area contributed by atoms with Crippen LogP contribution in [0, 0.1) is 23.1 Å². The van der Waals surface area contributed by atoms with Gasteiger partial charge < -0.3 is 15.1 Å². The van der Waals surface area contributed by atoms with Crippen LogP contribution in [-0.2, 0) is 5.41 Å². The third-order valence-electron chi connectivity index (χ3n) is 7.76. The molecule has 33 heavy (non-hydrogen) atoms. The maximum atomic E-state index is 13.5. The van der Waals surface area contributed by atoms with Gasteiger partial charge in [0.05, 0.1) is 16.7 Å². The fourth-order valence-corrected chi connectivity index (χ4v) is 5.80. The molecule has 1 saturated heterocycles. The van der Waals surface area contributed by atoms with Gasteiger partial charge in [-0.1, -0.05) is 23.7 Å². The van der Waals surface area contributed by atoms with Crippen molar-refractivity contribution in [3.63, 3.8) is 0 Å². The molecule has 5 nitrogen and oxygen atoms in total. The van der Waals surface area contributed by atoms with Crippen molar-refractivity contribution in [3.05, 3.63) is 64.4 Å². The second kappa shape index (κ2) is 8.96. The highest BCUT2D eigenvalue weighted by Gasteiger charge is 2.58. The van der Waals surface area contributed by atoms with Crippen molar-refractivity contribution in [2.75, 3.05) is 31.5 Å². The summed E-state index contributed by atoms with van der Waals surface area (Å²) in [6, 6.07) is 14.6. The van der Waals surface area contributed by atoms with E-state index in [4.69, 9.17) is 11.6 Å². The van der Waals surface area contributed by atoms with E-state index >= 15 is 0 Å². The first-order chi connectivity index (χ1) is 16.0. The average Bonchev–Trinajstić information content (AvgIpc) is 3.53. The van der Waals surface area contributed by atoms with Crippen LogP contribution in [0.1, 0.15) is 43.2 Å². The van der Waals surface area contributed by atoms with E-state index in [1.807, 2.05) is 23.1 Å². The largest absolute Gasteiger partial charge is 0.322 e. The van der Waals surface area contributed by atoms with Crippen molar-refractivity contribution in [2.24, 2.45) is 5.92 Å². The number of hydrogen-bond donors (Lipinski definition) is 1. The molecule has 0 aromatic heterocycles. The highest BCUT2D eigenvalue weighted by Crippen LogP contribution is 2.62. The van der Waals surface area contributed by atoms with E-state index in [1.165, 1.54) is 24.1 Å². The van der Waals surface area contributed by atoms with E-state index < -0.39 is 5.82 Å². The number of hydrogen-bond acceptors (Lipinski definition) is 3. The second-order valence-electron chi connectivity index (χ2n) is 9.63. The SMILES string of the molecule is N#Cc1cccc([C@]23CC[C@@H](N(CCN4CCC4)C(=O)Nc4ccc(F)c(Cl)c4)CC2C3)c1. The van der Waals surface area contributed by atoms with Gasteiger partial charge in [-0.2, -0.15) is 5.26 Å². The van der Waals surface area contributed by atoms with Gasteiger partial charge in [0.2, 0.25) is 0 Å². The van der Waals surface area contributed by atoms with Crippen LogP contribution in [0.5, 0.6) is 0 Å². The van der Waals surface area contributed by atoms with Crippen molar-refractivity contribution in [3.8, 4) is 6.07 Å². The number of likely N-dealkylation sites (tertiary alicyclic amines) is 1. The highest BCUT2D eigenvalue weighted by atomic mass is 35.5. The summed E-state index contributed by atoms with van der Waals surface area (Å²) in [6.07, 6.45) is 5.26. The number of anilines is 1. The predicted octanol–water partition coefficient (Wildman–Crippen LogP) is 5.40. The summed E-state index contributed by atoms with van der Waals surface area (Å²) in [5, 5.41) is 12.2. The lowest BCUT2D eigenvalue weighted by atomic mass is 9.80.